The molecule has 0 unspecified atom stereocenters. The summed E-state index contributed by atoms with van der Waals surface area (Å²) in [5.41, 5.74) is 0.484. The molecule has 0 aromatic carbocycles. The fourth-order valence-corrected chi connectivity index (χ4v) is 2.69. The summed E-state index contributed by atoms with van der Waals surface area (Å²) >= 11 is 5.12. The Bertz CT molecular complexity index is 287. The molecule has 1 saturated heterocycles. The molecule has 0 N–H and O–H groups in total. The third-order valence-electron chi connectivity index (χ3n) is 1.97. The van der Waals surface area contributed by atoms with Gasteiger partial charge in [-0.15, -0.1) is 0 Å². The van der Waals surface area contributed by atoms with Crippen molar-refractivity contribution >= 4 is 32.4 Å². The van der Waals surface area contributed by atoms with Crippen molar-refractivity contribution in [3.8, 4) is 0 Å². The second-order valence-corrected chi connectivity index (χ2v) is 6.36. The van der Waals surface area contributed by atoms with Crippen LogP contribution in [0.15, 0.2) is 9.98 Å². The van der Waals surface area contributed by atoms with Gasteiger partial charge in [0.1, 0.15) is 0 Å². The zero-order chi connectivity index (χ0) is 8.77. The molecular formula is C8H11BrN2S. The smallest absolute Gasteiger partial charge is 0.186 e. The van der Waals surface area contributed by atoms with Crippen LogP contribution in [0.2, 0.25) is 0 Å². The molecule has 1 aromatic heterocycles. The topological polar surface area (TPSA) is 16.1 Å². The highest BCUT2D eigenvalue weighted by Gasteiger charge is 2.35. The van der Waals surface area contributed by atoms with E-state index >= 15 is 0 Å². The number of hydrogen-bond acceptors (Lipinski definition) is 3. The molecule has 2 rings (SSSR count). The highest BCUT2D eigenvalue weighted by molar-refractivity contribution is 9.11. The van der Waals surface area contributed by atoms with Crippen molar-refractivity contribution < 1.29 is 0 Å². The van der Waals surface area contributed by atoms with Crippen LogP contribution in [0.1, 0.15) is 13.8 Å². The van der Waals surface area contributed by atoms with Crippen LogP contribution in [0, 0.1) is 5.41 Å². The molecule has 0 atom stereocenters. The normalized spacial score (nSPS) is 20.8. The first-order valence-corrected chi connectivity index (χ1v) is 5.54. The number of halogens is 1. The van der Waals surface area contributed by atoms with Crippen LogP contribution < -0.4 is 4.90 Å². The summed E-state index contributed by atoms with van der Waals surface area (Å²) in [6.45, 7) is 6.83. The maximum absolute atomic E-state index is 4.30. The Balaban J connectivity index is 2.06. The van der Waals surface area contributed by atoms with Gasteiger partial charge in [-0.2, -0.15) is 0 Å². The van der Waals surface area contributed by atoms with Crippen LogP contribution in [0.3, 0.4) is 0 Å². The fourth-order valence-electron chi connectivity index (χ4n) is 1.51. The molecular weight excluding hydrogens is 236 g/mol. The van der Waals surface area contributed by atoms with E-state index in [1.165, 1.54) is 0 Å². The summed E-state index contributed by atoms with van der Waals surface area (Å²) in [6, 6.07) is 0. The Hall–Kier alpha value is -0.0900. The van der Waals surface area contributed by atoms with Crippen LogP contribution in [-0.2, 0) is 0 Å². The van der Waals surface area contributed by atoms with Gasteiger partial charge in [-0.3, -0.25) is 0 Å². The van der Waals surface area contributed by atoms with E-state index in [1.807, 2.05) is 6.20 Å². The van der Waals surface area contributed by atoms with E-state index in [9.17, 15) is 0 Å². The molecule has 2 heterocycles. The van der Waals surface area contributed by atoms with Crippen LogP contribution in [0.4, 0.5) is 5.13 Å². The van der Waals surface area contributed by atoms with Gasteiger partial charge in [0.15, 0.2) is 5.13 Å². The first kappa shape index (κ1) is 8.51. The number of hydrogen-bond donors (Lipinski definition) is 0. The second kappa shape index (κ2) is 2.70. The minimum Gasteiger partial charge on any atom is -0.347 e. The van der Waals surface area contributed by atoms with Crippen molar-refractivity contribution in [3.05, 3.63) is 9.98 Å². The largest absolute Gasteiger partial charge is 0.347 e. The van der Waals surface area contributed by atoms with Crippen LogP contribution in [-0.4, -0.2) is 18.1 Å². The zero-order valence-electron chi connectivity index (χ0n) is 7.17. The molecule has 12 heavy (non-hydrogen) atoms. The van der Waals surface area contributed by atoms with Crippen LogP contribution >= 0.6 is 27.3 Å². The molecule has 4 heteroatoms. The number of anilines is 1. The molecule has 0 aliphatic carbocycles. The lowest BCUT2D eigenvalue weighted by Gasteiger charge is -2.45. The van der Waals surface area contributed by atoms with Crippen molar-refractivity contribution in [2.75, 3.05) is 18.0 Å². The Morgan fingerprint density at radius 2 is 2.25 bits per heavy atom. The molecule has 0 saturated carbocycles. The van der Waals surface area contributed by atoms with Crippen molar-refractivity contribution in [2.45, 2.75) is 13.8 Å². The minimum absolute atomic E-state index is 0.484. The lowest BCUT2D eigenvalue weighted by Crippen LogP contribution is -2.53. The van der Waals surface area contributed by atoms with E-state index in [0.29, 0.717) is 5.41 Å². The van der Waals surface area contributed by atoms with Gasteiger partial charge in [-0.1, -0.05) is 25.2 Å². The maximum atomic E-state index is 4.30. The summed E-state index contributed by atoms with van der Waals surface area (Å²) in [4.78, 5) is 6.62. The van der Waals surface area contributed by atoms with Gasteiger partial charge in [-0.05, 0) is 21.3 Å². The molecule has 1 aromatic rings. The summed E-state index contributed by atoms with van der Waals surface area (Å²) in [5, 5.41) is 1.14. The lowest BCUT2D eigenvalue weighted by atomic mass is 9.85. The first-order chi connectivity index (χ1) is 5.57. The molecule has 0 bridgehead atoms. The summed E-state index contributed by atoms with van der Waals surface area (Å²) in [5.74, 6) is 0. The van der Waals surface area contributed by atoms with Gasteiger partial charge in [0.25, 0.3) is 0 Å². The third kappa shape index (κ3) is 1.50. The van der Waals surface area contributed by atoms with Gasteiger partial charge < -0.3 is 4.90 Å². The predicted octanol–water partition coefficient (Wildman–Crippen LogP) is 2.75. The molecule has 1 aliphatic heterocycles. The molecule has 0 spiro atoms. The average molecular weight is 247 g/mol. The van der Waals surface area contributed by atoms with Gasteiger partial charge in [0.05, 0.1) is 9.98 Å². The average Bonchev–Trinajstić information content (AvgIpc) is 2.30. The van der Waals surface area contributed by atoms with Crippen LogP contribution in [0.5, 0.6) is 0 Å². The Morgan fingerprint density at radius 1 is 1.58 bits per heavy atom. The van der Waals surface area contributed by atoms with E-state index < -0.39 is 0 Å². The molecule has 2 nitrogen and oxygen atoms in total. The predicted molar refractivity (Wildman–Crippen MR) is 55.8 cm³/mol. The quantitative estimate of drug-likeness (QED) is 0.758. The molecule has 0 amide bonds. The Morgan fingerprint density at radius 3 is 2.67 bits per heavy atom. The van der Waals surface area contributed by atoms with E-state index in [0.717, 1.165) is 22.0 Å². The molecule has 1 fully saturated rings. The van der Waals surface area contributed by atoms with Gasteiger partial charge in [0.2, 0.25) is 0 Å². The molecule has 66 valence electrons. The summed E-state index contributed by atoms with van der Waals surface area (Å²) in [6.07, 6.45) is 1.87. The number of rotatable bonds is 1. The minimum atomic E-state index is 0.484. The van der Waals surface area contributed by atoms with Crippen molar-refractivity contribution in [1.29, 1.82) is 0 Å². The van der Waals surface area contributed by atoms with E-state index in [4.69, 9.17) is 0 Å². The lowest BCUT2D eigenvalue weighted by molar-refractivity contribution is 0.276. The fraction of sp³-hybridized carbons (Fsp3) is 0.625. The van der Waals surface area contributed by atoms with E-state index in [1.54, 1.807) is 11.3 Å². The number of nitrogens with zero attached hydrogens (tertiary/aromatic N) is 2. The van der Waals surface area contributed by atoms with Crippen molar-refractivity contribution in [1.82, 2.24) is 4.98 Å². The second-order valence-electron chi connectivity index (χ2n) is 3.97. The van der Waals surface area contributed by atoms with Crippen molar-refractivity contribution in [2.24, 2.45) is 5.41 Å². The standard InChI is InChI=1S/C8H11BrN2S/c1-8(2)4-11(5-8)7-10-3-6(9)12-7/h3H,4-5H2,1-2H3. The number of thiazole rings is 1. The Kier molecular flexibility index (Phi) is 1.92. The first-order valence-electron chi connectivity index (χ1n) is 3.93. The molecule has 0 radical (unpaired) electrons. The molecule has 1 aliphatic rings. The Labute approximate surface area is 84.7 Å². The van der Waals surface area contributed by atoms with Crippen LogP contribution in [0.25, 0.3) is 0 Å². The SMILES string of the molecule is CC1(C)CN(c2ncc(Br)s2)C1. The third-order valence-corrected chi connectivity index (χ3v) is 3.51. The monoisotopic (exact) mass is 246 g/mol. The van der Waals surface area contributed by atoms with Gasteiger partial charge in [0, 0.05) is 13.1 Å². The number of aromatic nitrogens is 1. The van der Waals surface area contributed by atoms with Gasteiger partial charge in [-0.25, -0.2) is 4.98 Å². The maximum Gasteiger partial charge on any atom is 0.186 e. The highest BCUT2D eigenvalue weighted by atomic mass is 79.9. The van der Waals surface area contributed by atoms with Gasteiger partial charge >= 0.3 is 0 Å². The van der Waals surface area contributed by atoms with Crippen molar-refractivity contribution in [3.63, 3.8) is 0 Å². The summed E-state index contributed by atoms with van der Waals surface area (Å²) in [7, 11) is 0. The van der Waals surface area contributed by atoms with E-state index in [-0.39, 0.29) is 0 Å². The zero-order valence-corrected chi connectivity index (χ0v) is 9.57. The van der Waals surface area contributed by atoms with E-state index in [2.05, 4.69) is 39.7 Å². The highest BCUT2D eigenvalue weighted by Crippen LogP contribution is 2.36. The summed E-state index contributed by atoms with van der Waals surface area (Å²) < 4.78 is 1.11.